The number of hydrogen-bond donors (Lipinski definition) is 0. The van der Waals surface area contributed by atoms with Crippen molar-refractivity contribution in [3.63, 3.8) is 0 Å². The number of hydrogen-bond acceptors (Lipinski definition) is 6. The summed E-state index contributed by atoms with van der Waals surface area (Å²) in [4.78, 5) is 0. The second-order valence-corrected chi connectivity index (χ2v) is 10.8. The first-order valence-electron chi connectivity index (χ1n) is 15.8. The van der Waals surface area contributed by atoms with Gasteiger partial charge in [-0.2, -0.15) is 0 Å². The molecule has 3 aliphatic heterocycles. The van der Waals surface area contributed by atoms with Crippen molar-refractivity contribution < 1.29 is 28.4 Å². The van der Waals surface area contributed by atoms with Gasteiger partial charge in [0.05, 0.1) is 19.8 Å². The molecule has 0 aliphatic carbocycles. The molecular weight excluding hydrogens is 552 g/mol. The third-order valence-electron chi connectivity index (χ3n) is 6.26. The molecule has 3 saturated heterocycles. The van der Waals surface area contributed by atoms with Crippen molar-refractivity contribution in [1.29, 1.82) is 0 Å². The van der Waals surface area contributed by atoms with E-state index in [-0.39, 0.29) is 7.43 Å². The number of ether oxygens (including phenoxy) is 6. The molecule has 0 N–H and O–H groups in total. The van der Waals surface area contributed by atoms with Crippen molar-refractivity contribution in [1.82, 2.24) is 0 Å². The first kappa shape index (κ1) is 39.0. The third kappa shape index (κ3) is 18.6. The summed E-state index contributed by atoms with van der Waals surface area (Å²) in [6.45, 7) is 19.4. The van der Waals surface area contributed by atoms with Crippen molar-refractivity contribution in [2.45, 2.75) is 93.5 Å². The van der Waals surface area contributed by atoms with Crippen LogP contribution in [-0.4, -0.2) is 58.0 Å². The summed E-state index contributed by atoms with van der Waals surface area (Å²) in [7, 11) is 0. The Kier molecular flexibility index (Phi) is 20.7. The summed E-state index contributed by atoms with van der Waals surface area (Å²) in [5, 5.41) is 0. The summed E-state index contributed by atoms with van der Waals surface area (Å²) in [6.07, 6.45) is 4.90. The maximum Gasteiger partial charge on any atom is 0.122 e. The lowest BCUT2D eigenvalue weighted by atomic mass is 10.2. The van der Waals surface area contributed by atoms with Crippen molar-refractivity contribution in [3.8, 4) is 17.2 Å². The van der Waals surface area contributed by atoms with Crippen LogP contribution in [0.1, 0.15) is 71.1 Å². The van der Waals surface area contributed by atoms with E-state index < -0.39 is 0 Å². The van der Waals surface area contributed by atoms with E-state index in [0.29, 0.717) is 38.1 Å². The van der Waals surface area contributed by atoms with Gasteiger partial charge in [-0.15, -0.1) is 0 Å². The number of epoxide rings is 3. The minimum atomic E-state index is 0. The van der Waals surface area contributed by atoms with Gasteiger partial charge in [-0.1, -0.05) is 109 Å². The van der Waals surface area contributed by atoms with E-state index in [4.69, 9.17) is 28.4 Å². The Hall–Kier alpha value is -3.06. The summed E-state index contributed by atoms with van der Waals surface area (Å²) < 4.78 is 31.7. The summed E-state index contributed by atoms with van der Waals surface area (Å²) in [5.41, 5.74) is 3.54. The molecule has 6 nitrogen and oxygen atoms in total. The molecule has 3 aliphatic rings. The standard InChI is InChI=1S/3C10H12O2.C4H10.C3H8.CH4/c3*1-8-4-2-3-5-10(8)12-7-9-6-11-9;1-3-4-2;1-3-2;/h3*2-5,9H,6-7H2,1H3;3-4H2,1-2H3;3H2,1-2H3;1H4. The minimum Gasteiger partial charge on any atom is -0.491 e. The highest BCUT2D eigenvalue weighted by molar-refractivity contribution is 5.33. The van der Waals surface area contributed by atoms with Gasteiger partial charge >= 0.3 is 0 Å². The normalized spacial score (nSPS) is 17.9. The predicted octanol–water partition coefficient (Wildman–Crippen LogP) is 9.18. The molecule has 3 heterocycles. The highest BCUT2D eigenvalue weighted by Gasteiger charge is 2.24. The second-order valence-electron chi connectivity index (χ2n) is 10.8. The van der Waals surface area contributed by atoms with E-state index in [0.717, 1.165) is 37.1 Å². The zero-order chi connectivity index (χ0) is 31.3. The maximum atomic E-state index is 5.54. The smallest absolute Gasteiger partial charge is 0.122 e. The lowest BCUT2D eigenvalue weighted by Crippen LogP contribution is -2.04. The predicted molar refractivity (Wildman–Crippen MR) is 183 cm³/mol. The SMILES string of the molecule is C.CCC.CCCC.Cc1ccccc1OCC1CO1.Cc1ccccc1OCC1CO1.Cc1ccccc1OCC1CO1. The van der Waals surface area contributed by atoms with Gasteiger partial charge < -0.3 is 28.4 Å². The first-order chi connectivity index (χ1) is 20.9. The molecular formula is C38H58O6. The second kappa shape index (κ2) is 23.3. The molecule has 0 saturated carbocycles. The molecule has 3 aromatic rings. The molecule has 246 valence electrons. The van der Waals surface area contributed by atoms with Crippen LogP contribution in [0, 0.1) is 20.8 Å². The molecule has 44 heavy (non-hydrogen) atoms. The first-order valence-corrected chi connectivity index (χ1v) is 15.8. The monoisotopic (exact) mass is 610 g/mol. The average Bonchev–Trinajstić information content (AvgIpc) is 3.87. The Morgan fingerprint density at radius 2 is 0.727 bits per heavy atom. The van der Waals surface area contributed by atoms with Crippen LogP contribution < -0.4 is 14.2 Å². The average molecular weight is 611 g/mol. The van der Waals surface area contributed by atoms with Gasteiger partial charge in [-0.25, -0.2) is 0 Å². The maximum absolute atomic E-state index is 5.54. The van der Waals surface area contributed by atoms with E-state index in [9.17, 15) is 0 Å². The Morgan fingerprint density at radius 1 is 0.500 bits per heavy atom. The van der Waals surface area contributed by atoms with Crippen LogP contribution in [0.4, 0.5) is 0 Å². The number of unbranched alkanes of at least 4 members (excludes halogenated alkanes) is 1. The topological polar surface area (TPSA) is 65.3 Å². The molecule has 0 bridgehead atoms. The zero-order valence-corrected chi connectivity index (χ0v) is 27.5. The van der Waals surface area contributed by atoms with Gasteiger partial charge in [0.15, 0.2) is 0 Å². The molecule has 6 rings (SSSR count). The lowest BCUT2D eigenvalue weighted by Gasteiger charge is -2.06. The Labute approximate surface area is 268 Å². The van der Waals surface area contributed by atoms with Gasteiger partial charge in [0, 0.05) is 0 Å². The van der Waals surface area contributed by atoms with Crippen molar-refractivity contribution >= 4 is 0 Å². The van der Waals surface area contributed by atoms with Gasteiger partial charge in [-0.05, 0) is 55.7 Å². The molecule has 0 aromatic heterocycles. The number of benzene rings is 3. The van der Waals surface area contributed by atoms with Crippen LogP contribution in [0.3, 0.4) is 0 Å². The Balaban J connectivity index is 0.000000295. The lowest BCUT2D eigenvalue weighted by molar-refractivity contribution is 0.262. The Morgan fingerprint density at radius 3 is 0.909 bits per heavy atom. The van der Waals surface area contributed by atoms with Crippen LogP contribution in [-0.2, 0) is 14.2 Å². The van der Waals surface area contributed by atoms with Crippen LogP contribution in [0.2, 0.25) is 0 Å². The van der Waals surface area contributed by atoms with E-state index >= 15 is 0 Å². The molecule has 3 unspecified atom stereocenters. The van der Waals surface area contributed by atoms with Gasteiger partial charge in [0.2, 0.25) is 0 Å². The fourth-order valence-electron chi connectivity index (χ4n) is 3.20. The third-order valence-corrected chi connectivity index (χ3v) is 6.26. The van der Waals surface area contributed by atoms with Crippen molar-refractivity contribution in [3.05, 3.63) is 89.5 Å². The minimum absolute atomic E-state index is 0. The molecule has 3 atom stereocenters. The molecule has 0 radical (unpaired) electrons. The van der Waals surface area contributed by atoms with Gasteiger partial charge in [0.1, 0.15) is 55.4 Å². The largest absolute Gasteiger partial charge is 0.491 e. The van der Waals surface area contributed by atoms with E-state index in [1.54, 1.807) is 0 Å². The fraction of sp³-hybridized carbons (Fsp3) is 0.526. The number of aryl methyl sites for hydroxylation is 3. The summed E-state index contributed by atoms with van der Waals surface area (Å²) in [6, 6.07) is 24.1. The van der Waals surface area contributed by atoms with E-state index in [1.165, 1.54) is 36.0 Å². The van der Waals surface area contributed by atoms with Gasteiger partial charge in [0.25, 0.3) is 0 Å². The zero-order valence-electron chi connectivity index (χ0n) is 27.5. The fourth-order valence-corrected chi connectivity index (χ4v) is 3.20. The van der Waals surface area contributed by atoms with Gasteiger partial charge in [-0.3, -0.25) is 0 Å². The van der Waals surface area contributed by atoms with E-state index in [1.807, 2.05) is 93.6 Å². The summed E-state index contributed by atoms with van der Waals surface area (Å²) in [5.74, 6) is 2.90. The van der Waals surface area contributed by atoms with E-state index in [2.05, 4.69) is 27.7 Å². The molecule has 6 heteroatoms. The van der Waals surface area contributed by atoms with Crippen LogP contribution in [0.5, 0.6) is 17.2 Å². The van der Waals surface area contributed by atoms with Crippen LogP contribution in [0.15, 0.2) is 72.8 Å². The van der Waals surface area contributed by atoms with Crippen molar-refractivity contribution in [2.75, 3.05) is 39.6 Å². The number of rotatable bonds is 10. The van der Waals surface area contributed by atoms with Crippen LogP contribution >= 0.6 is 0 Å². The molecule has 3 aromatic carbocycles. The number of para-hydroxylation sites is 3. The van der Waals surface area contributed by atoms with Crippen molar-refractivity contribution in [2.24, 2.45) is 0 Å². The Bertz CT molecular complexity index is 983. The highest BCUT2D eigenvalue weighted by atomic mass is 16.6. The van der Waals surface area contributed by atoms with Crippen LogP contribution in [0.25, 0.3) is 0 Å². The summed E-state index contributed by atoms with van der Waals surface area (Å²) >= 11 is 0. The quantitative estimate of drug-likeness (QED) is 0.213. The molecule has 0 amide bonds. The molecule has 3 fully saturated rings. The highest BCUT2D eigenvalue weighted by Crippen LogP contribution is 2.20. The molecule has 0 spiro atoms.